The number of nitrogens with one attached hydrogen (secondary N) is 2. The molecule has 0 aromatic heterocycles. The first-order valence-electron chi connectivity index (χ1n) is 10.5. The van der Waals surface area contributed by atoms with Gasteiger partial charge in [-0.05, 0) is 36.7 Å². The van der Waals surface area contributed by atoms with Gasteiger partial charge in [-0.2, -0.15) is 0 Å². The maximum absolute atomic E-state index is 13.8. The van der Waals surface area contributed by atoms with E-state index in [1.165, 1.54) is 5.01 Å². The summed E-state index contributed by atoms with van der Waals surface area (Å²) in [7, 11) is 1.79. The Balaban J connectivity index is 2.24. The fourth-order valence-corrected chi connectivity index (χ4v) is 3.59. The average molecular weight is 416 g/mol. The molecule has 0 fully saturated rings. The average Bonchev–Trinajstić information content (AvgIpc) is 2.85. The van der Waals surface area contributed by atoms with Crippen LogP contribution in [-0.2, 0) is 10.5 Å². The molecular formula is C26H29N3O2. The lowest BCUT2D eigenvalue weighted by atomic mass is 9.89. The van der Waals surface area contributed by atoms with Crippen molar-refractivity contribution in [3.05, 3.63) is 108 Å². The van der Waals surface area contributed by atoms with Crippen LogP contribution in [0.25, 0.3) is 0 Å². The Hall–Kier alpha value is -3.44. The standard InChI is InChI=1S/C26H29N3O2/c1-4-20(2)24(30)28-29(25(31)21-14-8-5-9-15-21)26(27-3,22-16-10-6-11-17-22)23-18-12-7-13-19-23/h5-20,27H,4H2,1-3H3,(H,28,30). The molecule has 5 nitrogen and oxygen atoms in total. The fraction of sp³-hybridized carbons (Fsp3) is 0.231. The molecule has 0 aliphatic carbocycles. The van der Waals surface area contributed by atoms with Crippen LogP contribution in [0.1, 0.15) is 41.8 Å². The molecule has 160 valence electrons. The Morgan fingerprint density at radius 3 is 1.71 bits per heavy atom. The molecule has 3 aromatic carbocycles. The smallest absolute Gasteiger partial charge is 0.274 e. The molecule has 2 amide bonds. The minimum atomic E-state index is -1.11. The van der Waals surface area contributed by atoms with Gasteiger partial charge in [0.25, 0.3) is 5.91 Å². The van der Waals surface area contributed by atoms with Gasteiger partial charge < -0.3 is 0 Å². The lowest BCUT2D eigenvalue weighted by molar-refractivity contribution is -0.131. The summed E-state index contributed by atoms with van der Waals surface area (Å²) < 4.78 is 0. The summed E-state index contributed by atoms with van der Waals surface area (Å²) in [6.45, 7) is 3.81. The highest BCUT2D eigenvalue weighted by Crippen LogP contribution is 2.33. The highest BCUT2D eigenvalue weighted by atomic mass is 16.2. The van der Waals surface area contributed by atoms with E-state index < -0.39 is 5.66 Å². The first-order chi connectivity index (χ1) is 15.0. The summed E-state index contributed by atoms with van der Waals surface area (Å²) >= 11 is 0. The monoisotopic (exact) mass is 415 g/mol. The second-order valence-electron chi connectivity index (χ2n) is 7.48. The Kier molecular flexibility index (Phi) is 7.21. The number of carbonyl (C=O) groups is 2. The van der Waals surface area contributed by atoms with Crippen molar-refractivity contribution < 1.29 is 9.59 Å². The summed E-state index contributed by atoms with van der Waals surface area (Å²) in [6.07, 6.45) is 0.669. The number of rotatable bonds is 7. The molecule has 0 aliphatic rings. The van der Waals surface area contributed by atoms with Crippen LogP contribution in [-0.4, -0.2) is 23.9 Å². The molecule has 0 saturated heterocycles. The SMILES string of the molecule is CCC(C)C(=O)NN(C(=O)c1ccccc1)C(NC)(c1ccccc1)c1ccccc1. The maximum Gasteiger partial charge on any atom is 0.274 e. The first-order valence-corrected chi connectivity index (χ1v) is 10.5. The summed E-state index contributed by atoms with van der Waals surface area (Å²) in [5, 5.41) is 4.78. The van der Waals surface area contributed by atoms with E-state index in [0.717, 1.165) is 11.1 Å². The van der Waals surface area contributed by atoms with E-state index >= 15 is 0 Å². The van der Waals surface area contributed by atoms with Crippen LogP contribution in [0.3, 0.4) is 0 Å². The van der Waals surface area contributed by atoms with Gasteiger partial charge in [-0.3, -0.25) is 20.3 Å². The van der Waals surface area contributed by atoms with Gasteiger partial charge in [-0.25, -0.2) is 5.01 Å². The van der Waals surface area contributed by atoms with Crippen LogP contribution < -0.4 is 10.7 Å². The number of amides is 2. The topological polar surface area (TPSA) is 61.4 Å². The second kappa shape index (κ2) is 10.0. The van der Waals surface area contributed by atoms with Crippen molar-refractivity contribution >= 4 is 11.8 Å². The molecule has 0 bridgehead atoms. The third-order valence-electron chi connectivity index (χ3n) is 5.59. The largest absolute Gasteiger partial charge is 0.289 e. The van der Waals surface area contributed by atoms with Gasteiger partial charge in [-0.1, -0.05) is 92.7 Å². The Bertz CT molecular complexity index is 951. The van der Waals surface area contributed by atoms with Gasteiger partial charge >= 0.3 is 0 Å². The zero-order valence-corrected chi connectivity index (χ0v) is 18.2. The maximum atomic E-state index is 13.8. The molecule has 5 heteroatoms. The van der Waals surface area contributed by atoms with Gasteiger partial charge in [0.05, 0.1) is 0 Å². The van der Waals surface area contributed by atoms with Crippen LogP contribution in [0.15, 0.2) is 91.0 Å². The van der Waals surface area contributed by atoms with E-state index in [-0.39, 0.29) is 17.7 Å². The molecule has 0 spiro atoms. The minimum Gasteiger partial charge on any atom is -0.289 e. The van der Waals surface area contributed by atoms with Crippen LogP contribution in [0.5, 0.6) is 0 Å². The third kappa shape index (κ3) is 4.52. The van der Waals surface area contributed by atoms with Gasteiger partial charge in [0.15, 0.2) is 5.66 Å². The van der Waals surface area contributed by atoms with E-state index in [1.54, 1.807) is 19.2 Å². The Labute approximate surface area is 184 Å². The molecule has 1 atom stereocenters. The molecule has 1 unspecified atom stereocenters. The predicted octanol–water partition coefficient (Wildman–Crippen LogP) is 4.33. The number of nitrogens with zero attached hydrogens (tertiary/aromatic N) is 1. The summed E-state index contributed by atoms with van der Waals surface area (Å²) in [6, 6.07) is 28.3. The van der Waals surface area contributed by atoms with E-state index in [1.807, 2.05) is 92.7 Å². The van der Waals surface area contributed by atoms with Crippen molar-refractivity contribution in [2.24, 2.45) is 5.92 Å². The zero-order chi connectivity index (χ0) is 22.3. The van der Waals surface area contributed by atoms with Crippen LogP contribution >= 0.6 is 0 Å². The predicted molar refractivity (Wildman–Crippen MR) is 123 cm³/mol. The molecule has 3 rings (SSSR count). The highest BCUT2D eigenvalue weighted by molar-refractivity contribution is 5.96. The molecule has 0 heterocycles. The van der Waals surface area contributed by atoms with Crippen LogP contribution in [0, 0.1) is 5.92 Å². The highest BCUT2D eigenvalue weighted by Gasteiger charge is 2.44. The molecule has 3 aromatic rings. The number of hydrogen-bond donors (Lipinski definition) is 2. The van der Waals surface area contributed by atoms with Gasteiger partial charge in [0.2, 0.25) is 5.91 Å². The molecule has 0 radical (unpaired) electrons. The van der Waals surface area contributed by atoms with Crippen molar-refractivity contribution in [1.29, 1.82) is 0 Å². The molecule has 31 heavy (non-hydrogen) atoms. The van der Waals surface area contributed by atoms with Gasteiger partial charge in [0.1, 0.15) is 0 Å². The lowest BCUT2D eigenvalue weighted by Crippen LogP contribution is -2.64. The fourth-order valence-electron chi connectivity index (χ4n) is 3.59. The Morgan fingerprint density at radius 1 is 0.839 bits per heavy atom. The minimum absolute atomic E-state index is 0.210. The van der Waals surface area contributed by atoms with Crippen LogP contribution in [0.2, 0.25) is 0 Å². The van der Waals surface area contributed by atoms with Gasteiger partial charge in [0, 0.05) is 11.5 Å². The molecule has 2 N–H and O–H groups in total. The quantitative estimate of drug-likeness (QED) is 0.446. The Morgan fingerprint density at radius 2 is 1.29 bits per heavy atom. The van der Waals surface area contributed by atoms with Crippen LogP contribution in [0.4, 0.5) is 0 Å². The second-order valence-corrected chi connectivity index (χ2v) is 7.48. The van der Waals surface area contributed by atoms with Crippen molar-refractivity contribution in [2.75, 3.05) is 7.05 Å². The van der Waals surface area contributed by atoms with E-state index in [2.05, 4.69) is 10.7 Å². The molecule has 0 saturated carbocycles. The normalized spacial score (nSPS) is 12.1. The third-order valence-corrected chi connectivity index (χ3v) is 5.59. The summed E-state index contributed by atoms with van der Waals surface area (Å²) in [5.74, 6) is -0.759. The van der Waals surface area contributed by atoms with Crippen molar-refractivity contribution in [3.63, 3.8) is 0 Å². The first kappa shape index (κ1) is 22.2. The number of hydrogen-bond acceptors (Lipinski definition) is 3. The molecule has 0 aliphatic heterocycles. The number of benzene rings is 3. The lowest BCUT2D eigenvalue weighted by Gasteiger charge is -2.44. The van der Waals surface area contributed by atoms with E-state index in [4.69, 9.17) is 0 Å². The summed E-state index contributed by atoms with van der Waals surface area (Å²) in [4.78, 5) is 26.8. The number of hydrazine groups is 1. The van der Waals surface area contributed by atoms with Gasteiger partial charge in [-0.15, -0.1) is 0 Å². The van der Waals surface area contributed by atoms with E-state index in [0.29, 0.717) is 12.0 Å². The molecular weight excluding hydrogens is 386 g/mol. The summed E-state index contributed by atoms with van der Waals surface area (Å²) in [5.41, 5.74) is 3.97. The zero-order valence-electron chi connectivity index (χ0n) is 18.2. The van der Waals surface area contributed by atoms with E-state index in [9.17, 15) is 9.59 Å². The van der Waals surface area contributed by atoms with Crippen molar-refractivity contribution in [1.82, 2.24) is 15.8 Å². The van der Waals surface area contributed by atoms with Crippen molar-refractivity contribution in [3.8, 4) is 0 Å². The number of carbonyl (C=O) groups excluding carboxylic acids is 2. The van der Waals surface area contributed by atoms with Crippen molar-refractivity contribution in [2.45, 2.75) is 25.9 Å².